The van der Waals surface area contributed by atoms with Gasteiger partial charge in [-0.3, -0.25) is 0 Å². The minimum Gasteiger partial charge on any atom is -0.811 e. The molecule has 166 valence electrons. The van der Waals surface area contributed by atoms with Gasteiger partial charge in [-0.25, -0.2) is 4.98 Å². The molecule has 0 bridgehead atoms. The molecule has 0 aliphatic carbocycles. The zero-order valence-corrected chi connectivity index (χ0v) is 20.4. The Morgan fingerprint density at radius 2 is 2.03 bits per heavy atom. The molecule has 0 saturated carbocycles. The summed E-state index contributed by atoms with van der Waals surface area (Å²) >= 11 is 1.14. The van der Waals surface area contributed by atoms with Crippen LogP contribution in [-0.2, 0) is 20.1 Å². The van der Waals surface area contributed by atoms with E-state index in [1.165, 1.54) is 24.3 Å². The van der Waals surface area contributed by atoms with Crippen LogP contribution in [0.3, 0.4) is 0 Å². The van der Waals surface area contributed by atoms with E-state index in [4.69, 9.17) is 19.1 Å². The second-order valence-corrected chi connectivity index (χ2v) is 6.35. The molecule has 3 heterocycles. The van der Waals surface area contributed by atoms with Gasteiger partial charge in [-0.15, -0.1) is 23.8 Å². The molecule has 0 fully saturated rings. The van der Waals surface area contributed by atoms with Crippen LogP contribution >= 0.6 is 11.3 Å². The zero-order chi connectivity index (χ0) is 31.4. The predicted octanol–water partition coefficient (Wildman–Crippen LogP) is 7.44. The Labute approximate surface area is 227 Å². The topological polar surface area (TPSA) is 48.1 Å². The summed E-state index contributed by atoms with van der Waals surface area (Å²) in [6, 6.07) is 15.6. The molecule has 3 aromatic heterocycles. The molecule has 3 nitrogen and oxygen atoms in total. The maximum Gasteiger partial charge on any atom is 3.00 e. The summed E-state index contributed by atoms with van der Waals surface area (Å²) in [5.41, 5.74) is 0.396. The number of aromatic nitrogens is 2. The third-order valence-corrected chi connectivity index (χ3v) is 4.20. The molecule has 4 aromatic rings. The summed E-state index contributed by atoms with van der Waals surface area (Å²) in [4.78, 5) is 8.63. The third kappa shape index (κ3) is 11.3. The average molecular weight is 637 g/mol. The fourth-order valence-electron chi connectivity index (χ4n) is 1.96. The molecule has 1 aromatic carbocycles. The Bertz CT molecular complexity index is 1640. The van der Waals surface area contributed by atoms with Crippen molar-refractivity contribution in [3.05, 3.63) is 138 Å². The van der Waals surface area contributed by atoms with Crippen LogP contribution in [0.1, 0.15) is 19.4 Å². The van der Waals surface area contributed by atoms with Crippen molar-refractivity contribution >= 4 is 27.8 Å². The molecule has 0 atom stereocenters. The van der Waals surface area contributed by atoms with E-state index in [2.05, 4.69) is 28.7 Å². The van der Waals surface area contributed by atoms with Gasteiger partial charge in [-0.2, -0.15) is 53.9 Å². The third-order valence-electron chi connectivity index (χ3n) is 3.30. The number of aryl methyl sites for hydroxylation is 1. The molecule has 0 N–H and O–H groups in total. The Morgan fingerprint density at radius 3 is 2.76 bits per heavy atom. The zero-order valence-electron chi connectivity index (χ0n) is 27.2. The molecule has 0 saturated heterocycles. The van der Waals surface area contributed by atoms with Gasteiger partial charge in [0.05, 0.1) is 5.48 Å². The maximum absolute atomic E-state index is 8.05. The van der Waals surface area contributed by atoms with Gasteiger partial charge < -0.3 is 10.4 Å². The van der Waals surface area contributed by atoms with Gasteiger partial charge in [0.1, 0.15) is 4.83 Å². The number of allylic oxidation sites excluding steroid dienone is 3. The number of benzene rings is 1. The van der Waals surface area contributed by atoms with Gasteiger partial charge in [-0.1, -0.05) is 54.4 Å². The smallest absolute Gasteiger partial charge is 0.811 e. The van der Waals surface area contributed by atoms with Crippen LogP contribution < -0.4 is 0 Å². The summed E-state index contributed by atoms with van der Waals surface area (Å²) < 4.78 is 74.7. The summed E-state index contributed by atoms with van der Waals surface area (Å²) in [5.74, 6) is 0. The van der Waals surface area contributed by atoms with Gasteiger partial charge in [0, 0.05) is 24.1 Å². The van der Waals surface area contributed by atoms with Gasteiger partial charge in [0.2, 0.25) is 0 Å². The van der Waals surface area contributed by atoms with Crippen molar-refractivity contribution in [1.82, 2.24) is 9.97 Å². The second kappa shape index (κ2) is 17.3. The first kappa shape index (κ1) is 15.6. The van der Waals surface area contributed by atoms with E-state index in [0.717, 1.165) is 22.9 Å². The van der Waals surface area contributed by atoms with Crippen molar-refractivity contribution in [2.45, 2.75) is 6.85 Å². The minimum atomic E-state index is -2.32. The van der Waals surface area contributed by atoms with Crippen molar-refractivity contribution in [2.75, 3.05) is 0 Å². The number of nitrogens with zero attached hydrogens (tertiary/aromatic N) is 3. The number of pyridine rings is 2. The van der Waals surface area contributed by atoms with Crippen LogP contribution in [0.15, 0.2) is 115 Å². The molecule has 0 unspecified atom stereocenters. The molecule has 33 heavy (non-hydrogen) atoms. The number of rotatable bonds is 3. The van der Waals surface area contributed by atoms with Crippen molar-refractivity contribution in [2.24, 2.45) is 0 Å². The van der Waals surface area contributed by atoms with Crippen molar-refractivity contribution in [3.8, 4) is 11.3 Å². The fraction of sp³-hybridized carbons (Fsp3) is 0.0357. The van der Waals surface area contributed by atoms with Crippen molar-refractivity contribution < 1.29 is 33.8 Å². The Kier molecular flexibility index (Phi) is 8.18. The van der Waals surface area contributed by atoms with E-state index in [9.17, 15) is 0 Å². The van der Waals surface area contributed by atoms with Crippen LogP contribution in [-0.4, -0.2) is 16.2 Å². The fourth-order valence-corrected chi connectivity index (χ4v) is 2.79. The molecule has 0 aliphatic heterocycles. The van der Waals surface area contributed by atoms with Gasteiger partial charge in [0.15, 0.2) is 0 Å². The van der Waals surface area contributed by atoms with Gasteiger partial charge >= 0.3 is 20.1 Å². The maximum atomic E-state index is 8.05. The SMILES string of the molecule is C=C/C=C\C=[N-].[2H]c1[c-]cc([2H])c([2H])c1.[2H]c1nc(-c2[c-]cccc3ccc(C([2H])([2H])[2H])nc3sc2)c([2H])c([2H])c1[2H].[Ir+3]. The van der Waals surface area contributed by atoms with Crippen LogP contribution in [0.5, 0.6) is 0 Å². The van der Waals surface area contributed by atoms with Crippen molar-refractivity contribution in [3.63, 3.8) is 0 Å². The van der Waals surface area contributed by atoms with E-state index >= 15 is 0 Å². The summed E-state index contributed by atoms with van der Waals surface area (Å²) in [6.07, 6.45) is 5.29. The Morgan fingerprint density at radius 1 is 1.12 bits per heavy atom. The molecule has 0 spiro atoms. The average Bonchev–Trinajstić information content (AvgIpc) is 3.05. The molecule has 0 aliphatic rings. The summed E-state index contributed by atoms with van der Waals surface area (Å²) in [6.45, 7) is 1.06. The summed E-state index contributed by atoms with van der Waals surface area (Å²) in [7, 11) is 0. The quantitative estimate of drug-likeness (QED) is 0.133. The number of hydrogen-bond donors (Lipinski definition) is 0. The first-order valence-corrected chi connectivity index (χ1v) is 9.98. The van der Waals surface area contributed by atoms with Gasteiger partial charge in [-0.05, 0) is 26.0 Å². The van der Waals surface area contributed by atoms with Crippen molar-refractivity contribution in [1.29, 1.82) is 0 Å². The first-order chi connectivity index (χ1) is 19.8. The van der Waals surface area contributed by atoms with Crippen LogP contribution in [0.4, 0.5) is 0 Å². The largest absolute Gasteiger partial charge is 3.00 e. The molecule has 0 radical (unpaired) electrons. The number of fused-ring (bicyclic) bond motifs is 1. The normalized spacial score (nSPS) is 13.9. The number of hydrogen-bond acceptors (Lipinski definition) is 3. The monoisotopic (exact) mass is 637 g/mol. The molecule has 5 heteroatoms. The Balaban J connectivity index is 0.000000476. The van der Waals surface area contributed by atoms with E-state index in [-0.39, 0.29) is 61.7 Å². The van der Waals surface area contributed by atoms with Crippen LogP contribution in [0.25, 0.3) is 26.9 Å². The molecular formula is C28H24IrN3S. The van der Waals surface area contributed by atoms with E-state index in [1.807, 2.05) is 0 Å². The van der Waals surface area contributed by atoms with E-state index in [1.54, 1.807) is 41.8 Å². The van der Waals surface area contributed by atoms with Gasteiger partial charge in [0.25, 0.3) is 0 Å². The molecular weight excluding hydrogens is 603 g/mol. The predicted molar refractivity (Wildman–Crippen MR) is 138 cm³/mol. The molecule has 4 rings (SSSR count). The molecule has 0 amide bonds. The summed E-state index contributed by atoms with van der Waals surface area (Å²) in [5, 5.41) is 10.3. The van der Waals surface area contributed by atoms with E-state index < -0.39 is 19.1 Å². The second-order valence-electron chi connectivity index (χ2n) is 5.49. The van der Waals surface area contributed by atoms with Crippen LogP contribution in [0, 0.1) is 19.0 Å². The Hall–Kier alpha value is -3.24. The minimum absolute atomic E-state index is 0. The first-order valence-electron chi connectivity index (χ1n) is 14.1. The van der Waals surface area contributed by atoms with Crippen LogP contribution in [0.2, 0.25) is 0 Å². The standard InChI is InChI=1S/C17H13N2S.C6H5.C5H6N.Ir/c1-13-9-10-14-6-2-3-7-15(12-20-17(14)19-13)16-8-4-5-11-18-16;1-2-4-6-5-3-1;1-2-3-4-5-6;/h2-6,8-12H,1H3;1-5H;2-5H,1H2;/q3*-1;+3/b;;4-3-;/i1D3,4D,5D,8D,11D;1D,2D,5D;;. The van der Waals surface area contributed by atoms with E-state index in [0.29, 0.717) is 10.4 Å².